The molecule has 0 saturated carbocycles. The summed E-state index contributed by atoms with van der Waals surface area (Å²) in [5, 5.41) is 7.15. The van der Waals surface area contributed by atoms with Crippen LogP contribution in [0.25, 0.3) is 10.9 Å². The summed E-state index contributed by atoms with van der Waals surface area (Å²) >= 11 is 0. The normalized spacial score (nSPS) is 12.7. The molecule has 5 rings (SSSR count). The molecular formula is C23H21N5O2. The van der Waals surface area contributed by atoms with Crippen LogP contribution in [0.2, 0.25) is 0 Å². The average molecular weight is 399 g/mol. The van der Waals surface area contributed by atoms with Crippen LogP contribution in [0.5, 0.6) is 11.6 Å². The second-order valence-corrected chi connectivity index (χ2v) is 7.45. The van der Waals surface area contributed by atoms with Crippen LogP contribution in [-0.2, 0) is 13.1 Å². The van der Waals surface area contributed by atoms with Crippen molar-refractivity contribution in [3.63, 3.8) is 0 Å². The molecule has 7 heteroatoms. The van der Waals surface area contributed by atoms with Crippen molar-refractivity contribution in [1.29, 1.82) is 0 Å². The largest absolute Gasteiger partial charge is 0.439 e. The van der Waals surface area contributed by atoms with Gasteiger partial charge in [0.15, 0.2) is 0 Å². The molecule has 1 aliphatic rings. The number of aryl methyl sites for hydroxylation is 2. The topological polar surface area (TPSA) is 81.1 Å². The van der Waals surface area contributed by atoms with Gasteiger partial charge in [0, 0.05) is 29.9 Å². The van der Waals surface area contributed by atoms with Gasteiger partial charge in [0.1, 0.15) is 12.1 Å². The van der Waals surface area contributed by atoms with Crippen LogP contribution in [0.4, 0.5) is 10.5 Å². The van der Waals surface area contributed by atoms with E-state index in [1.165, 1.54) is 6.33 Å². The van der Waals surface area contributed by atoms with Crippen molar-refractivity contribution in [2.24, 2.45) is 0 Å². The standard InChI is InChI=1S/C23H21N5O2/c1-14-4-3-5-17(8-14)27-23(29)28-15(2)9-16-10-18(6-7-21(16)28)30-22-19-11-24-12-20(19)25-13-26-22/h3-10,13,24H,11-12H2,1-2H3,(H,27,29). The number of nitrogens with one attached hydrogen (secondary N) is 2. The summed E-state index contributed by atoms with van der Waals surface area (Å²) in [6, 6.07) is 15.2. The van der Waals surface area contributed by atoms with E-state index in [2.05, 4.69) is 20.6 Å². The van der Waals surface area contributed by atoms with Crippen LogP contribution in [0.3, 0.4) is 0 Å². The fourth-order valence-corrected chi connectivity index (χ4v) is 3.83. The van der Waals surface area contributed by atoms with Gasteiger partial charge in [-0.1, -0.05) is 12.1 Å². The maximum absolute atomic E-state index is 12.9. The summed E-state index contributed by atoms with van der Waals surface area (Å²) in [6.45, 7) is 5.34. The lowest BCUT2D eigenvalue weighted by atomic mass is 10.2. The third-order valence-electron chi connectivity index (χ3n) is 5.23. The Balaban J connectivity index is 1.44. The third kappa shape index (κ3) is 3.29. The molecular weight excluding hydrogens is 378 g/mol. The number of benzene rings is 2. The molecule has 30 heavy (non-hydrogen) atoms. The quantitative estimate of drug-likeness (QED) is 0.529. The van der Waals surface area contributed by atoms with E-state index in [-0.39, 0.29) is 6.03 Å². The van der Waals surface area contributed by atoms with Crippen molar-refractivity contribution in [2.45, 2.75) is 26.9 Å². The van der Waals surface area contributed by atoms with Crippen LogP contribution < -0.4 is 15.4 Å². The molecule has 4 aromatic rings. The molecule has 0 fully saturated rings. The van der Waals surface area contributed by atoms with Crippen molar-refractivity contribution in [1.82, 2.24) is 19.9 Å². The molecule has 1 amide bonds. The van der Waals surface area contributed by atoms with Gasteiger partial charge in [-0.3, -0.25) is 4.57 Å². The predicted octanol–water partition coefficient (Wildman–Crippen LogP) is 4.52. The molecule has 150 valence electrons. The number of anilines is 1. The van der Waals surface area contributed by atoms with Crippen LogP contribution in [0.15, 0.2) is 54.9 Å². The Kier molecular flexibility index (Phi) is 4.44. The molecule has 0 spiro atoms. The van der Waals surface area contributed by atoms with Gasteiger partial charge in [0.25, 0.3) is 0 Å². The van der Waals surface area contributed by atoms with Crippen molar-refractivity contribution in [2.75, 3.05) is 5.32 Å². The number of ether oxygens (including phenoxy) is 1. The van der Waals surface area contributed by atoms with Crippen LogP contribution in [0.1, 0.15) is 22.5 Å². The predicted molar refractivity (Wildman–Crippen MR) is 115 cm³/mol. The molecule has 3 heterocycles. The van der Waals surface area contributed by atoms with Crippen LogP contribution in [0, 0.1) is 13.8 Å². The zero-order valence-electron chi connectivity index (χ0n) is 16.8. The number of amides is 1. The maximum atomic E-state index is 12.9. The number of carbonyl (C=O) groups excluding carboxylic acids is 1. The lowest BCUT2D eigenvalue weighted by molar-refractivity contribution is 0.254. The fraction of sp³-hybridized carbons (Fsp3) is 0.174. The van der Waals surface area contributed by atoms with E-state index in [9.17, 15) is 4.79 Å². The van der Waals surface area contributed by atoms with E-state index in [1.54, 1.807) is 4.57 Å². The zero-order valence-corrected chi connectivity index (χ0v) is 16.8. The first-order valence-electron chi connectivity index (χ1n) is 9.80. The molecule has 7 nitrogen and oxygen atoms in total. The molecule has 2 aromatic heterocycles. The van der Waals surface area contributed by atoms with Crippen LogP contribution >= 0.6 is 0 Å². The number of aromatic nitrogens is 3. The van der Waals surface area contributed by atoms with Crippen molar-refractivity contribution >= 4 is 22.6 Å². The second kappa shape index (κ2) is 7.27. The molecule has 0 saturated heterocycles. The molecule has 2 N–H and O–H groups in total. The SMILES string of the molecule is Cc1cccc(NC(=O)n2c(C)cc3cc(Oc4ncnc5c4CNC5)ccc32)c1. The van der Waals surface area contributed by atoms with Gasteiger partial charge in [0.2, 0.25) is 5.88 Å². The van der Waals surface area contributed by atoms with Gasteiger partial charge in [-0.15, -0.1) is 0 Å². The Morgan fingerprint density at radius 2 is 2.00 bits per heavy atom. The Hall–Kier alpha value is -3.71. The summed E-state index contributed by atoms with van der Waals surface area (Å²) in [5.41, 5.74) is 5.49. The summed E-state index contributed by atoms with van der Waals surface area (Å²) < 4.78 is 7.72. The van der Waals surface area contributed by atoms with Crippen molar-refractivity contribution in [3.05, 3.63) is 77.4 Å². The van der Waals surface area contributed by atoms with Gasteiger partial charge in [0.05, 0.1) is 16.8 Å². The molecule has 0 radical (unpaired) electrons. The summed E-state index contributed by atoms with van der Waals surface area (Å²) in [5.74, 6) is 1.24. The number of hydrogen-bond donors (Lipinski definition) is 2. The van der Waals surface area contributed by atoms with E-state index >= 15 is 0 Å². The van der Waals surface area contributed by atoms with Crippen molar-refractivity contribution in [3.8, 4) is 11.6 Å². The molecule has 0 unspecified atom stereocenters. The maximum Gasteiger partial charge on any atom is 0.330 e. The van der Waals surface area contributed by atoms with E-state index in [4.69, 9.17) is 4.74 Å². The van der Waals surface area contributed by atoms with E-state index in [0.29, 0.717) is 18.2 Å². The highest BCUT2D eigenvalue weighted by Crippen LogP contribution is 2.30. The highest BCUT2D eigenvalue weighted by molar-refractivity contribution is 5.99. The minimum atomic E-state index is -0.193. The van der Waals surface area contributed by atoms with Gasteiger partial charge in [-0.2, -0.15) is 0 Å². The smallest absolute Gasteiger partial charge is 0.330 e. The van der Waals surface area contributed by atoms with Gasteiger partial charge < -0.3 is 15.4 Å². The van der Waals surface area contributed by atoms with Crippen LogP contribution in [-0.4, -0.2) is 20.6 Å². The third-order valence-corrected chi connectivity index (χ3v) is 5.23. The first-order chi connectivity index (χ1) is 14.6. The van der Waals surface area contributed by atoms with E-state index in [1.807, 2.05) is 62.4 Å². The number of fused-ring (bicyclic) bond motifs is 2. The number of hydrogen-bond acceptors (Lipinski definition) is 5. The highest BCUT2D eigenvalue weighted by Gasteiger charge is 2.19. The van der Waals surface area contributed by atoms with E-state index in [0.717, 1.165) is 45.6 Å². The number of rotatable bonds is 3. The lowest BCUT2D eigenvalue weighted by Crippen LogP contribution is -2.20. The Morgan fingerprint density at radius 3 is 2.87 bits per heavy atom. The first-order valence-corrected chi connectivity index (χ1v) is 9.80. The Morgan fingerprint density at radius 1 is 1.10 bits per heavy atom. The van der Waals surface area contributed by atoms with Crippen molar-refractivity contribution < 1.29 is 9.53 Å². The van der Waals surface area contributed by atoms with Gasteiger partial charge in [-0.05, 0) is 55.8 Å². The number of carbonyl (C=O) groups is 1. The molecule has 0 atom stereocenters. The summed E-state index contributed by atoms with van der Waals surface area (Å²) in [6.07, 6.45) is 1.52. The second-order valence-electron chi connectivity index (χ2n) is 7.45. The van der Waals surface area contributed by atoms with Gasteiger partial charge >= 0.3 is 6.03 Å². The summed E-state index contributed by atoms with van der Waals surface area (Å²) in [7, 11) is 0. The fourth-order valence-electron chi connectivity index (χ4n) is 3.83. The minimum absolute atomic E-state index is 0.193. The molecule has 0 aliphatic carbocycles. The monoisotopic (exact) mass is 399 g/mol. The Bertz CT molecular complexity index is 1280. The first kappa shape index (κ1) is 18.3. The minimum Gasteiger partial charge on any atom is -0.439 e. The average Bonchev–Trinajstić information content (AvgIpc) is 3.32. The zero-order chi connectivity index (χ0) is 20.7. The summed E-state index contributed by atoms with van der Waals surface area (Å²) in [4.78, 5) is 21.5. The number of nitrogens with zero attached hydrogens (tertiary/aromatic N) is 3. The van der Waals surface area contributed by atoms with Gasteiger partial charge in [-0.25, -0.2) is 14.8 Å². The highest BCUT2D eigenvalue weighted by atomic mass is 16.5. The molecule has 1 aliphatic heterocycles. The molecule has 0 bridgehead atoms. The van der Waals surface area contributed by atoms with E-state index < -0.39 is 0 Å². The lowest BCUT2D eigenvalue weighted by Gasteiger charge is -2.11. The Labute approximate surface area is 173 Å². The molecule has 2 aromatic carbocycles.